The first-order valence-corrected chi connectivity index (χ1v) is 6.54. The molecule has 7 nitrogen and oxygen atoms in total. The lowest BCUT2D eigenvalue weighted by atomic mass is 9.88. The summed E-state index contributed by atoms with van der Waals surface area (Å²) in [4.78, 5) is 28.6. The van der Waals surface area contributed by atoms with Gasteiger partial charge < -0.3 is 10.2 Å². The van der Waals surface area contributed by atoms with Crippen LogP contribution in [0.1, 0.15) is 34.1 Å². The fraction of sp³-hybridized carbons (Fsp3) is 0.214. The van der Waals surface area contributed by atoms with Gasteiger partial charge in [0.05, 0.1) is 22.7 Å². The first-order valence-electron chi connectivity index (χ1n) is 6.54. The molecule has 0 aromatic carbocycles. The molecular formula is C14H15N5O2. The molecule has 0 aliphatic rings. The summed E-state index contributed by atoms with van der Waals surface area (Å²) < 4.78 is 0. The highest BCUT2D eigenvalue weighted by Crippen LogP contribution is 2.29. The van der Waals surface area contributed by atoms with Gasteiger partial charge in [0.2, 0.25) is 0 Å². The van der Waals surface area contributed by atoms with Crippen LogP contribution in [0.15, 0.2) is 34.0 Å². The lowest BCUT2D eigenvalue weighted by molar-refractivity contribution is 0.885. The Morgan fingerprint density at radius 2 is 1.48 bits per heavy atom. The van der Waals surface area contributed by atoms with Gasteiger partial charge in [0.15, 0.2) is 0 Å². The maximum absolute atomic E-state index is 12.1. The lowest BCUT2D eigenvalue weighted by Gasteiger charge is -2.14. The molecule has 0 saturated carbocycles. The van der Waals surface area contributed by atoms with Crippen molar-refractivity contribution < 1.29 is 0 Å². The predicted octanol–water partition coefficient (Wildman–Crippen LogP) is 0.911. The van der Waals surface area contributed by atoms with Gasteiger partial charge in [-0.15, -0.1) is 0 Å². The summed E-state index contributed by atoms with van der Waals surface area (Å²) in [5.74, 6) is -0.517. The number of aryl methyl sites for hydroxylation is 2. The summed E-state index contributed by atoms with van der Waals surface area (Å²) in [6.45, 7) is 3.58. The van der Waals surface area contributed by atoms with E-state index < -0.39 is 5.92 Å². The summed E-state index contributed by atoms with van der Waals surface area (Å²) in [6, 6.07) is 5.44. The van der Waals surface area contributed by atoms with E-state index in [0.717, 1.165) is 0 Å². The van der Waals surface area contributed by atoms with Gasteiger partial charge in [-0.3, -0.25) is 24.8 Å². The Labute approximate surface area is 119 Å². The zero-order chi connectivity index (χ0) is 15.0. The molecule has 0 unspecified atom stereocenters. The Hall–Kier alpha value is -2.83. The number of aromatic nitrogens is 5. The lowest BCUT2D eigenvalue weighted by Crippen LogP contribution is -2.21. The molecule has 21 heavy (non-hydrogen) atoms. The van der Waals surface area contributed by atoms with Crippen molar-refractivity contribution in [3.63, 3.8) is 0 Å². The molecule has 3 aromatic rings. The van der Waals surface area contributed by atoms with Gasteiger partial charge in [0.1, 0.15) is 0 Å². The molecule has 3 aromatic heterocycles. The number of H-pyrrole nitrogens is 4. The number of nitrogens with zero attached hydrogens (tertiary/aromatic N) is 1. The maximum Gasteiger partial charge on any atom is 0.268 e. The minimum Gasteiger partial charge on any atom is -0.302 e. The molecule has 3 heterocycles. The number of hydrogen-bond donors (Lipinski definition) is 4. The highest BCUT2D eigenvalue weighted by molar-refractivity contribution is 5.41. The van der Waals surface area contributed by atoms with Gasteiger partial charge in [-0.2, -0.15) is 0 Å². The van der Waals surface area contributed by atoms with E-state index in [1.807, 2.05) is 12.1 Å². The zero-order valence-electron chi connectivity index (χ0n) is 11.7. The highest BCUT2D eigenvalue weighted by atomic mass is 16.1. The molecule has 0 amide bonds. The third-order valence-electron chi connectivity index (χ3n) is 3.59. The monoisotopic (exact) mass is 285 g/mol. The van der Waals surface area contributed by atoms with Crippen molar-refractivity contribution in [1.82, 2.24) is 25.4 Å². The van der Waals surface area contributed by atoms with Crippen LogP contribution in [0.5, 0.6) is 0 Å². The Balaban J connectivity index is 2.32. The van der Waals surface area contributed by atoms with Crippen molar-refractivity contribution >= 4 is 0 Å². The van der Waals surface area contributed by atoms with Crippen molar-refractivity contribution in [2.24, 2.45) is 0 Å². The maximum atomic E-state index is 12.1. The average molecular weight is 285 g/mol. The number of rotatable bonds is 3. The standard InChI is InChI=1S/C14H15N5O2/c1-7-10(13(20)18-16-7)12(9-5-3-4-6-15-9)11-8(2)17-19-14(11)21/h3-6,12H,1-2H3,(H2,16,18,20)(H2,17,19,21). The SMILES string of the molecule is Cc1[nH][nH]c(=O)c1C(c1ccccn1)c1c(C)[nH][nH]c1=O. The topological polar surface area (TPSA) is 110 Å². The quantitative estimate of drug-likeness (QED) is 0.574. The molecule has 0 aliphatic carbocycles. The van der Waals surface area contributed by atoms with E-state index in [4.69, 9.17) is 0 Å². The Kier molecular flexibility index (Phi) is 3.09. The van der Waals surface area contributed by atoms with Crippen LogP contribution in [0.4, 0.5) is 0 Å². The molecule has 108 valence electrons. The van der Waals surface area contributed by atoms with E-state index in [-0.39, 0.29) is 11.1 Å². The van der Waals surface area contributed by atoms with Crippen LogP contribution in [0, 0.1) is 13.8 Å². The fourth-order valence-corrected chi connectivity index (χ4v) is 2.59. The average Bonchev–Trinajstić information content (AvgIpc) is 2.98. The minimum atomic E-state index is -0.517. The van der Waals surface area contributed by atoms with Gasteiger partial charge in [0, 0.05) is 17.6 Å². The van der Waals surface area contributed by atoms with E-state index in [0.29, 0.717) is 28.2 Å². The van der Waals surface area contributed by atoms with Gasteiger partial charge >= 0.3 is 0 Å². The minimum absolute atomic E-state index is 0.247. The third-order valence-corrected chi connectivity index (χ3v) is 3.59. The molecule has 0 fully saturated rings. The first-order chi connectivity index (χ1) is 10.1. The first kappa shape index (κ1) is 13.2. The Morgan fingerprint density at radius 1 is 0.905 bits per heavy atom. The van der Waals surface area contributed by atoms with Gasteiger partial charge in [-0.25, -0.2) is 0 Å². The second-order valence-electron chi connectivity index (χ2n) is 4.92. The Bertz CT molecular complexity index is 814. The molecule has 0 saturated heterocycles. The van der Waals surface area contributed by atoms with Crippen molar-refractivity contribution in [2.75, 3.05) is 0 Å². The molecular weight excluding hydrogens is 270 g/mol. The van der Waals surface area contributed by atoms with Crippen LogP contribution >= 0.6 is 0 Å². The van der Waals surface area contributed by atoms with Gasteiger partial charge in [-0.1, -0.05) is 6.07 Å². The summed E-state index contributed by atoms with van der Waals surface area (Å²) in [7, 11) is 0. The van der Waals surface area contributed by atoms with Crippen molar-refractivity contribution in [2.45, 2.75) is 19.8 Å². The summed E-state index contributed by atoms with van der Waals surface area (Å²) in [6.07, 6.45) is 1.65. The molecule has 0 spiro atoms. The molecule has 0 radical (unpaired) electrons. The van der Waals surface area contributed by atoms with Crippen molar-refractivity contribution in [3.8, 4) is 0 Å². The molecule has 0 aliphatic heterocycles. The molecule has 3 rings (SSSR count). The summed E-state index contributed by atoms with van der Waals surface area (Å²) >= 11 is 0. The largest absolute Gasteiger partial charge is 0.302 e. The smallest absolute Gasteiger partial charge is 0.268 e. The van der Waals surface area contributed by atoms with Crippen LogP contribution in [0.2, 0.25) is 0 Å². The van der Waals surface area contributed by atoms with Crippen molar-refractivity contribution in [1.29, 1.82) is 0 Å². The van der Waals surface area contributed by atoms with Crippen LogP contribution in [0.25, 0.3) is 0 Å². The number of nitrogens with one attached hydrogen (secondary N) is 4. The zero-order valence-corrected chi connectivity index (χ0v) is 11.7. The summed E-state index contributed by atoms with van der Waals surface area (Å²) in [5, 5.41) is 10.7. The predicted molar refractivity (Wildman–Crippen MR) is 77.5 cm³/mol. The van der Waals surface area contributed by atoms with E-state index in [1.54, 1.807) is 26.1 Å². The van der Waals surface area contributed by atoms with Crippen LogP contribution in [-0.2, 0) is 0 Å². The fourth-order valence-electron chi connectivity index (χ4n) is 2.59. The van der Waals surface area contributed by atoms with Gasteiger partial charge in [-0.05, 0) is 26.0 Å². The van der Waals surface area contributed by atoms with Crippen molar-refractivity contribution in [3.05, 3.63) is 73.3 Å². The highest BCUT2D eigenvalue weighted by Gasteiger charge is 2.28. The molecule has 0 atom stereocenters. The normalized spacial score (nSPS) is 11.2. The molecule has 4 N–H and O–H groups in total. The van der Waals surface area contributed by atoms with E-state index >= 15 is 0 Å². The van der Waals surface area contributed by atoms with Crippen LogP contribution in [-0.4, -0.2) is 25.4 Å². The third kappa shape index (κ3) is 2.12. The molecule has 0 bridgehead atoms. The van der Waals surface area contributed by atoms with Gasteiger partial charge in [0.25, 0.3) is 11.1 Å². The number of aromatic amines is 4. The second kappa shape index (κ2) is 4.93. The van der Waals surface area contributed by atoms with E-state index in [1.165, 1.54) is 0 Å². The van der Waals surface area contributed by atoms with E-state index in [9.17, 15) is 9.59 Å². The van der Waals surface area contributed by atoms with Crippen LogP contribution in [0.3, 0.4) is 0 Å². The molecule has 7 heteroatoms. The van der Waals surface area contributed by atoms with Crippen LogP contribution < -0.4 is 11.1 Å². The number of pyridine rings is 1. The number of hydrogen-bond acceptors (Lipinski definition) is 3. The second-order valence-corrected chi connectivity index (χ2v) is 4.92. The summed E-state index contributed by atoms with van der Waals surface area (Å²) in [5.41, 5.74) is 2.54. The van der Waals surface area contributed by atoms with E-state index in [2.05, 4.69) is 25.4 Å². The Morgan fingerprint density at radius 3 is 1.86 bits per heavy atom.